The predicted octanol–water partition coefficient (Wildman–Crippen LogP) is 5.40. The molecule has 32 heavy (non-hydrogen) atoms. The number of para-hydroxylation sites is 1. The lowest BCUT2D eigenvalue weighted by Crippen LogP contribution is -2.13. The lowest BCUT2D eigenvalue weighted by atomic mass is 10.00. The van der Waals surface area contributed by atoms with Crippen LogP contribution >= 0.6 is 22.9 Å². The van der Waals surface area contributed by atoms with Gasteiger partial charge in [0, 0.05) is 29.2 Å². The first-order chi connectivity index (χ1) is 15.5. The fourth-order valence-electron chi connectivity index (χ4n) is 3.02. The lowest BCUT2D eigenvalue weighted by Gasteiger charge is -2.13. The van der Waals surface area contributed by atoms with Crippen LogP contribution in [-0.2, 0) is 6.61 Å². The Kier molecular flexibility index (Phi) is 6.63. The fraction of sp³-hybridized carbons (Fsp3) is 0.130. The highest BCUT2D eigenvalue weighted by Crippen LogP contribution is 2.33. The van der Waals surface area contributed by atoms with E-state index in [4.69, 9.17) is 21.1 Å². The van der Waals surface area contributed by atoms with Crippen LogP contribution in [0.1, 0.15) is 21.7 Å². The molecule has 0 aliphatic heterocycles. The van der Waals surface area contributed by atoms with Crippen LogP contribution in [0, 0.1) is 6.92 Å². The summed E-state index contributed by atoms with van der Waals surface area (Å²) in [5.74, 6) is 0.391. The number of hydrogen-bond acceptors (Lipinski definition) is 7. The van der Waals surface area contributed by atoms with Crippen molar-refractivity contribution in [3.63, 3.8) is 0 Å². The standard InChI is InChI=1S/C23H19ClN4O3S/c1-14-9-18(19(11-25-14)17-5-3-4-6-20(17)30-2)22(29)28-21-12-27-23(32-21)31-13-16-8-7-15(24)10-26-16/h3-12H,13H2,1-2H3,(H,28,29). The number of amides is 1. The molecule has 0 radical (unpaired) electrons. The highest BCUT2D eigenvalue weighted by molar-refractivity contribution is 7.17. The number of anilines is 1. The van der Waals surface area contributed by atoms with E-state index in [1.54, 1.807) is 43.9 Å². The van der Waals surface area contributed by atoms with Gasteiger partial charge in [-0.2, -0.15) is 0 Å². The molecule has 4 rings (SSSR count). The van der Waals surface area contributed by atoms with E-state index in [1.807, 2.05) is 31.2 Å². The summed E-state index contributed by atoms with van der Waals surface area (Å²) >= 11 is 7.08. The molecule has 3 aromatic heterocycles. The minimum atomic E-state index is -0.272. The summed E-state index contributed by atoms with van der Waals surface area (Å²) in [6, 6.07) is 12.8. The molecule has 0 fully saturated rings. The van der Waals surface area contributed by atoms with Crippen LogP contribution in [0.5, 0.6) is 10.9 Å². The number of benzene rings is 1. The van der Waals surface area contributed by atoms with E-state index in [-0.39, 0.29) is 12.5 Å². The number of aryl methyl sites for hydroxylation is 1. The van der Waals surface area contributed by atoms with Crippen LogP contribution in [0.25, 0.3) is 11.1 Å². The van der Waals surface area contributed by atoms with Gasteiger partial charge in [0.25, 0.3) is 11.1 Å². The van der Waals surface area contributed by atoms with Crippen molar-refractivity contribution in [1.29, 1.82) is 0 Å². The summed E-state index contributed by atoms with van der Waals surface area (Å²) in [6.07, 6.45) is 4.80. The van der Waals surface area contributed by atoms with Gasteiger partial charge in [-0.15, -0.1) is 0 Å². The van der Waals surface area contributed by atoms with E-state index < -0.39 is 0 Å². The number of ether oxygens (including phenoxy) is 2. The summed E-state index contributed by atoms with van der Waals surface area (Å²) < 4.78 is 11.1. The van der Waals surface area contributed by atoms with Gasteiger partial charge in [-0.3, -0.25) is 14.8 Å². The lowest BCUT2D eigenvalue weighted by molar-refractivity contribution is 0.102. The summed E-state index contributed by atoms with van der Waals surface area (Å²) in [5, 5.41) is 4.44. The number of rotatable bonds is 7. The second-order valence-corrected chi connectivity index (χ2v) is 8.20. The van der Waals surface area contributed by atoms with Gasteiger partial charge < -0.3 is 14.8 Å². The van der Waals surface area contributed by atoms with Crippen molar-refractivity contribution >= 4 is 33.8 Å². The molecule has 0 aliphatic rings. The third-order valence-electron chi connectivity index (χ3n) is 4.54. The highest BCUT2D eigenvalue weighted by Gasteiger charge is 2.18. The molecular weight excluding hydrogens is 448 g/mol. The van der Waals surface area contributed by atoms with Gasteiger partial charge in [0.1, 0.15) is 17.4 Å². The average Bonchev–Trinajstić information content (AvgIpc) is 3.26. The minimum Gasteiger partial charge on any atom is -0.496 e. The van der Waals surface area contributed by atoms with Crippen molar-refractivity contribution in [2.24, 2.45) is 0 Å². The minimum absolute atomic E-state index is 0.250. The maximum absolute atomic E-state index is 13.1. The van der Waals surface area contributed by atoms with Crippen LogP contribution in [0.15, 0.2) is 61.1 Å². The van der Waals surface area contributed by atoms with Crippen molar-refractivity contribution in [2.45, 2.75) is 13.5 Å². The Bertz CT molecular complexity index is 1240. The van der Waals surface area contributed by atoms with Gasteiger partial charge in [-0.25, -0.2) is 4.98 Å². The number of carbonyl (C=O) groups is 1. The van der Waals surface area contributed by atoms with E-state index in [0.717, 1.165) is 17.0 Å². The van der Waals surface area contributed by atoms with E-state index >= 15 is 0 Å². The number of nitrogens with one attached hydrogen (secondary N) is 1. The maximum Gasteiger partial charge on any atom is 0.275 e. The second-order valence-electron chi connectivity index (χ2n) is 6.77. The first-order valence-electron chi connectivity index (χ1n) is 9.64. The molecule has 0 aliphatic carbocycles. The first-order valence-corrected chi connectivity index (χ1v) is 10.8. The van der Waals surface area contributed by atoms with Crippen LogP contribution in [0.3, 0.4) is 0 Å². The number of nitrogens with zero attached hydrogens (tertiary/aromatic N) is 3. The van der Waals surface area contributed by atoms with E-state index in [0.29, 0.717) is 32.1 Å². The van der Waals surface area contributed by atoms with Gasteiger partial charge in [0.15, 0.2) is 0 Å². The zero-order valence-corrected chi connectivity index (χ0v) is 18.9. The zero-order valence-electron chi connectivity index (χ0n) is 17.3. The molecular formula is C23H19ClN4O3S. The van der Waals surface area contributed by atoms with Crippen LogP contribution in [0.4, 0.5) is 5.00 Å². The van der Waals surface area contributed by atoms with E-state index in [9.17, 15) is 4.79 Å². The molecule has 0 atom stereocenters. The van der Waals surface area contributed by atoms with Crippen molar-refractivity contribution in [1.82, 2.24) is 15.0 Å². The van der Waals surface area contributed by atoms with Gasteiger partial charge in [0.05, 0.1) is 29.6 Å². The van der Waals surface area contributed by atoms with Crippen molar-refractivity contribution < 1.29 is 14.3 Å². The molecule has 7 nitrogen and oxygen atoms in total. The molecule has 0 spiro atoms. The number of aromatic nitrogens is 3. The van der Waals surface area contributed by atoms with Crippen LogP contribution in [-0.4, -0.2) is 28.0 Å². The number of pyridine rings is 2. The van der Waals surface area contributed by atoms with Crippen molar-refractivity contribution in [2.75, 3.05) is 12.4 Å². The monoisotopic (exact) mass is 466 g/mol. The molecule has 1 N–H and O–H groups in total. The first kappa shape index (κ1) is 21.7. The molecule has 0 unspecified atom stereocenters. The summed E-state index contributed by atoms with van der Waals surface area (Å²) in [7, 11) is 1.60. The Balaban J connectivity index is 1.51. The normalized spacial score (nSPS) is 10.6. The molecule has 162 valence electrons. The second kappa shape index (κ2) is 9.76. The van der Waals surface area contributed by atoms with Crippen molar-refractivity contribution in [3.8, 4) is 22.1 Å². The molecule has 0 saturated carbocycles. The number of methoxy groups -OCH3 is 1. The van der Waals surface area contributed by atoms with E-state index in [1.165, 1.54) is 11.3 Å². The highest BCUT2D eigenvalue weighted by atomic mass is 35.5. The van der Waals surface area contributed by atoms with Crippen molar-refractivity contribution in [3.05, 3.63) is 83.0 Å². The molecule has 0 saturated heterocycles. The third-order valence-corrected chi connectivity index (χ3v) is 5.58. The fourth-order valence-corrected chi connectivity index (χ4v) is 3.79. The van der Waals surface area contributed by atoms with E-state index in [2.05, 4.69) is 20.3 Å². The number of hydrogen-bond donors (Lipinski definition) is 1. The quantitative estimate of drug-likeness (QED) is 0.392. The SMILES string of the molecule is COc1ccccc1-c1cnc(C)cc1C(=O)Nc1cnc(OCc2ccc(Cl)cn2)s1. The van der Waals surface area contributed by atoms with Gasteiger partial charge in [-0.05, 0) is 31.2 Å². The van der Waals surface area contributed by atoms with Crippen LogP contribution in [0.2, 0.25) is 5.02 Å². The predicted molar refractivity (Wildman–Crippen MR) is 125 cm³/mol. The number of thiazole rings is 1. The summed E-state index contributed by atoms with van der Waals surface area (Å²) in [4.78, 5) is 25.9. The topological polar surface area (TPSA) is 86.2 Å². The molecule has 4 aromatic rings. The average molecular weight is 467 g/mol. The third kappa shape index (κ3) is 5.04. The number of halogens is 1. The Hall–Kier alpha value is -3.49. The zero-order chi connectivity index (χ0) is 22.5. The van der Waals surface area contributed by atoms with Gasteiger partial charge >= 0.3 is 0 Å². The molecule has 9 heteroatoms. The Morgan fingerprint density at radius 3 is 2.69 bits per heavy atom. The molecule has 1 amide bonds. The van der Waals surface area contributed by atoms with Gasteiger partial charge in [-0.1, -0.05) is 41.1 Å². The Morgan fingerprint density at radius 2 is 1.91 bits per heavy atom. The number of carbonyl (C=O) groups excluding carboxylic acids is 1. The molecule has 1 aromatic carbocycles. The Labute approximate surface area is 194 Å². The molecule has 3 heterocycles. The smallest absolute Gasteiger partial charge is 0.275 e. The maximum atomic E-state index is 13.1. The summed E-state index contributed by atoms with van der Waals surface area (Å²) in [5.41, 5.74) is 3.42. The molecule has 0 bridgehead atoms. The summed E-state index contributed by atoms with van der Waals surface area (Å²) in [6.45, 7) is 2.09. The Morgan fingerprint density at radius 1 is 1.06 bits per heavy atom. The largest absolute Gasteiger partial charge is 0.496 e. The van der Waals surface area contributed by atoms with Crippen LogP contribution < -0.4 is 14.8 Å². The van der Waals surface area contributed by atoms with Gasteiger partial charge in [0.2, 0.25) is 0 Å².